The van der Waals surface area contributed by atoms with Crippen molar-refractivity contribution in [2.24, 2.45) is 0 Å². The molecule has 0 saturated carbocycles. The number of aryl methyl sites for hydroxylation is 1. The molecule has 6 nitrogen and oxygen atoms in total. The number of rotatable bonds is 4. The van der Waals surface area contributed by atoms with Gasteiger partial charge in [-0.2, -0.15) is 15.0 Å². The minimum Gasteiger partial charge on any atom is -0.396 e. The van der Waals surface area contributed by atoms with Crippen LogP contribution in [0.1, 0.15) is 12.2 Å². The van der Waals surface area contributed by atoms with Crippen molar-refractivity contribution < 1.29 is 5.11 Å². The van der Waals surface area contributed by atoms with Crippen LogP contribution in [0.4, 0.5) is 11.9 Å². The van der Waals surface area contributed by atoms with Crippen LogP contribution in [0.15, 0.2) is 0 Å². The molecule has 0 bridgehead atoms. The fourth-order valence-corrected chi connectivity index (χ4v) is 0.861. The standard InChI is InChI=1S/C7H13N5O/c1-5-10-6(8)12-7(11-5)9-3-2-4-13/h13H,2-4H2,1H3,(H3,8,9,10,11,12). The van der Waals surface area contributed by atoms with E-state index >= 15 is 0 Å². The Morgan fingerprint density at radius 1 is 1.38 bits per heavy atom. The Morgan fingerprint density at radius 2 is 2.15 bits per heavy atom. The minimum absolute atomic E-state index is 0.145. The quantitative estimate of drug-likeness (QED) is 0.547. The molecule has 0 amide bonds. The van der Waals surface area contributed by atoms with E-state index in [1.807, 2.05) is 0 Å². The molecule has 0 fully saturated rings. The molecule has 0 spiro atoms. The van der Waals surface area contributed by atoms with Gasteiger partial charge in [0.1, 0.15) is 5.82 Å². The first-order chi connectivity index (χ1) is 6.22. The molecule has 0 aliphatic rings. The van der Waals surface area contributed by atoms with Crippen molar-refractivity contribution in [3.8, 4) is 0 Å². The second-order valence-corrected chi connectivity index (χ2v) is 2.57. The van der Waals surface area contributed by atoms with Gasteiger partial charge in [0.05, 0.1) is 0 Å². The number of nitrogens with two attached hydrogens (primary N) is 1. The molecule has 0 aliphatic carbocycles. The lowest BCUT2D eigenvalue weighted by molar-refractivity contribution is 0.292. The lowest BCUT2D eigenvalue weighted by Gasteiger charge is -2.03. The monoisotopic (exact) mass is 183 g/mol. The van der Waals surface area contributed by atoms with Crippen molar-refractivity contribution in [3.05, 3.63) is 5.82 Å². The molecular weight excluding hydrogens is 170 g/mol. The van der Waals surface area contributed by atoms with E-state index in [2.05, 4.69) is 20.3 Å². The summed E-state index contributed by atoms with van der Waals surface area (Å²) in [5.41, 5.74) is 5.41. The van der Waals surface area contributed by atoms with Crippen LogP contribution in [0.2, 0.25) is 0 Å². The third-order valence-corrected chi connectivity index (χ3v) is 1.38. The van der Waals surface area contributed by atoms with E-state index < -0.39 is 0 Å². The fraction of sp³-hybridized carbons (Fsp3) is 0.571. The summed E-state index contributed by atoms with van der Waals surface area (Å²) in [6.07, 6.45) is 0.657. The Labute approximate surface area is 76.2 Å². The Hall–Kier alpha value is -1.43. The molecule has 6 heteroatoms. The summed E-state index contributed by atoms with van der Waals surface area (Å²) in [5, 5.41) is 11.5. The summed E-state index contributed by atoms with van der Waals surface area (Å²) in [5.74, 6) is 1.25. The molecule has 1 aromatic rings. The Kier molecular flexibility index (Phi) is 3.39. The normalized spacial score (nSPS) is 10.0. The van der Waals surface area contributed by atoms with E-state index in [4.69, 9.17) is 10.8 Å². The summed E-state index contributed by atoms with van der Waals surface area (Å²) >= 11 is 0. The lowest BCUT2D eigenvalue weighted by atomic mass is 10.4. The summed E-state index contributed by atoms with van der Waals surface area (Å²) in [7, 11) is 0. The van der Waals surface area contributed by atoms with Gasteiger partial charge in [0, 0.05) is 13.2 Å². The molecule has 0 saturated heterocycles. The van der Waals surface area contributed by atoms with E-state index in [9.17, 15) is 0 Å². The van der Waals surface area contributed by atoms with Crippen LogP contribution in [-0.4, -0.2) is 33.2 Å². The molecule has 1 aromatic heterocycles. The van der Waals surface area contributed by atoms with Crippen molar-refractivity contribution in [1.82, 2.24) is 15.0 Å². The largest absolute Gasteiger partial charge is 0.396 e. The summed E-state index contributed by atoms with van der Waals surface area (Å²) < 4.78 is 0. The Morgan fingerprint density at radius 3 is 2.77 bits per heavy atom. The van der Waals surface area contributed by atoms with E-state index in [1.54, 1.807) is 6.92 Å². The maximum atomic E-state index is 8.54. The topological polar surface area (TPSA) is 97.0 Å². The number of nitrogens with zero attached hydrogens (tertiary/aromatic N) is 3. The van der Waals surface area contributed by atoms with Crippen LogP contribution < -0.4 is 11.1 Å². The number of aromatic nitrogens is 3. The van der Waals surface area contributed by atoms with Crippen molar-refractivity contribution in [2.75, 3.05) is 24.2 Å². The smallest absolute Gasteiger partial charge is 0.227 e. The molecule has 1 heterocycles. The number of aliphatic hydroxyl groups excluding tert-OH is 1. The van der Waals surface area contributed by atoms with E-state index in [1.165, 1.54) is 0 Å². The molecule has 0 aromatic carbocycles. The molecule has 1 rings (SSSR count). The first kappa shape index (κ1) is 9.66. The maximum Gasteiger partial charge on any atom is 0.227 e. The minimum atomic E-state index is 0.145. The molecule has 0 atom stereocenters. The summed E-state index contributed by atoms with van der Waals surface area (Å²) in [6, 6.07) is 0. The van der Waals surface area contributed by atoms with Crippen molar-refractivity contribution in [3.63, 3.8) is 0 Å². The highest BCUT2D eigenvalue weighted by Crippen LogP contribution is 2.00. The van der Waals surface area contributed by atoms with Gasteiger partial charge >= 0.3 is 0 Å². The van der Waals surface area contributed by atoms with Gasteiger partial charge in [-0.15, -0.1) is 0 Å². The van der Waals surface area contributed by atoms with Gasteiger partial charge in [-0.1, -0.05) is 0 Å². The summed E-state index contributed by atoms with van der Waals surface area (Å²) in [4.78, 5) is 11.7. The van der Waals surface area contributed by atoms with Crippen LogP contribution in [0, 0.1) is 6.92 Å². The number of hydrogen-bond donors (Lipinski definition) is 3. The van der Waals surface area contributed by atoms with Crippen LogP contribution in [0.25, 0.3) is 0 Å². The predicted octanol–water partition coefficient (Wildman–Crippen LogP) is -0.443. The molecule has 4 N–H and O–H groups in total. The highest BCUT2D eigenvalue weighted by molar-refractivity contribution is 5.30. The highest BCUT2D eigenvalue weighted by Gasteiger charge is 1.98. The molecule has 0 aliphatic heterocycles. The van der Waals surface area contributed by atoms with Gasteiger partial charge in [-0.3, -0.25) is 0 Å². The van der Waals surface area contributed by atoms with Gasteiger partial charge in [-0.25, -0.2) is 0 Å². The average molecular weight is 183 g/mol. The van der Waals surface area contributed by atoms with Gasteiger partial charge in [0.2, 0.25) is 11.9 Å². The molecular formula is C7H13N5O. The fourth-order valence-electron chi connectivity index (χ4n) is 0.861. The zero-order valence-electron chi connectivity index (χ0n) is 7.49. The zero-order valence-corrected chi connectivity index (χ0v) is 7.49. The zero-order chi connectivity index (χ0) is 9.68. The first-order valence-electron chi connectivity index (χ1n) is 4.05. The lowest BCUT2D eigenvalue weighted by Crippen LogP contribution is -2.10. The van der Waals surface area contributed by atoms with Gasteiger partial charge < -0.3 is 16.2 Å². The number of anilines is 2. The third-order valence-electron chi connectivity index (χ3n) is 1.38. The second-order valence-electron chi connectivity index (χ2n) is 2.57. The SMILES string of the molecule is Cc1nc(N)nc(NCCCO)n1. The predicted molar refractivity (Wildman–Crippen MR) is 49.2 cm³/mol. The Balaban J connectivity index is 2.56. The van der Waals surface area contributed by atoms with E-state index in [0.29, 0.717) is 24.7 Å². The third kappa shape index (κ3) is 3.20. The number of hydrogen-bond acceptors (Lipinski definition) is 6. The van der Waals surface area contributed by atoms with Crippen molar-refractivity contribution in [1.29, 1.82) is 0 Å². The highest BCUT2D eigenvalue weighted by atomic mass is 16.3. The van der Waals surface area contributed by atoms with Crippen molar-refractivity contribution >= 4 is 11.9 Å². The second kappa shape index (κ2) is 4.56. The number of aliphatic hydroxyl groups is 1. The summed E-state index contributed by atoms with van der Waals surface area (Å²) in [6.45, 7) is 2.52. The van der Waals surface area contributed by atoms with Crippen molar-refractivity contribution in [2.45, 2.75) is 13.3 Å². The van der Waals surface area contributed by atoms with Gasteiger partial charge in [0.25, 0.3) is 0 Å². The van der Waals surface area contributed by atoms with Gasteiger partial charge in [-0.05, 0) is 13.3 Å². The van der Waals surface area contributed by atoms with E-state index in [0.717, 1.165) is 0 Å². The number of nitrogen functional groups attached to an aromatic ring is 1. The average Bonchev–Trinajstić information content (AvgIpc) is 2.03. The first-order valence-corrected chi connectivity index (χ1v) is 4.05. The number of nitrogens with one attached hydrogen (secondary N) is 1. The molecule has 0 radical (unpaired) electrons. The molecule has 0 unspecified atom stereocenters. The maximum absolute atomic E-state index is 8.54. The van der Waals surface area contributed by atoms with Crippen LogP contribution in [0.5, 0.6) is 0 Å². The van der Waals surface area contributed by atoms with E-state index in [-0.39, 0.29) is 12.6 Å². The van der Waals surface area contributed by atoms with Gasteiger partial charge in [0.15, 0.2) is 0 Å². The Bertz CT molecular complexity index is 257. The van der Waals surface area contributed by atoms with Crippen LogP contribution >= 0.6 is 0 Å². The van der Waals surface area contributed by atoms with Crippen LogP contribution in [-0.2, 0) is 0 Å². The molecule has 13 heavy (non-hydrogen) atoms. The van der Waals surface area contributed by atoms with Crippen LogP contribution in [0.3, 0.4) is 0 Å². The molecule has 72 valence electrons.